The minimum atomic E-state index is 0.118. The summed E-state index contributed by atoms with van der Waals surface area (Å²) < 4.78 is 18.7. The monoisotopic (exact) mass is 576 g/mol. The normalized spacial score (nSPS) is 34.0. The predicted octanol–water partition coefficient (Wildman–Crippen LogP) is 7.08. The molecule has 0 spiro atoms. The summed E-state index contributed by atoms with van der Waals surface area (Å²) in [5, 5.41) is 0. The van der Waals surface area contributed by atoms with E-state index in [4.69, 9.17) is 14.2 Å². The Hall–Kier alpha value is -3.02. The topological polar surface area (TPSA) is 34.2 Å². The smallest absolute Gasteiger partial charge is 0.173 e. The van der Waals surface area contributed by atoms with Crippen LogP contribution in [0.15, 0.2) is 66.7 Å². The molecule has 3 aromatic carbocycles. The first-order chi connectivity index (χ1) is 21.1. The third kappa shape index (κ3) is 3.77. The van der Waals surface area contributed by atoms with Crippen molar-refractivity contribution in [1.82, 2.24) is 9.80 Å². The van der Waals surface area contributed by atoms with Crippen LogP contribution in [0.25, 0.3) is 0 Å². The van der Waals surface area contributed by atoms with E-state index in [1.807, 2.05) is 18.2 Å². The molecule has 5 fully saturated rings. The Kier molecular flexibility index (Phi) is 5.98. The number of methoxy groups -OCH3 is 2. The van der Waals surface area contributed by atoms with E-state index in [1.54, 1.807) is 14.2 Å². The fourth-order valence-corrected chi connectivity index (χ4v) is 11.2. The molecule has 3 aromatic rings. The highest BCUT2D eigenvalue weighted by atomic mass is 16.5. The Bertz CT molecular complexity index is 1540. The van der Waals surface area contributed by atoms with Crippen LogP contribution < -0.4 is 14.2 Å². The number of benzene rings is 3. The van der Waals surface area contributed by atoms with Crippen molar-refractivity contribution < 1.29 is 14.2 Å². The van der Waals surface area contributed by atoms with Crippen LogP contribution in [0.3, 0.4) is 0 Å². The molecule has 5 heteroatoms. The molecule has 2 saturated heterocycles. The first-order valence-electron chi connectivity index (χ1n) is 16.7. The van der Waals surface area contributed by atoms with Gasteiger partial charge in [-0.05, 0) is 104 Å². The molecule has 0 radical (unpaired) electrons. The van der Waals surface area contributed by atoms with Crippen LogP contribution in [0.4, 0.5) is 0 Å². The summed E-state index contributed by atoms with van der Waals surface area (Å²) in [6.45, 7) is 4.82. The molecule has 0 amide bonds. The van der Waals surface area contributed by atoms with E-state index in [0.29, 0.717) is 23.4 Å². The first-order valence-corrected chi connectivity index (χ1v) is 16.7. The van der Waals surface area contributed by atoms with Crippen molar-refractivity contribution >= 4 is 0 Å². The molecule has 4 bridgehead atoms. The average molecular weight is 577 g/mol. The highest BCUT2D eigenvalue weighted by molar-refractivity contribution is 5.61. The van der Waals surface area contributed by atoms with Gasteiger partial charge in [0.15, 0.2) is 11.5 Å². The number of rotatable bonds is 8. The lowest BCUT2D eigenvalue weighted by Crippen LogP contribution is -2.69. The minimum absolute atomic E-state index is 0.118. The Balaban J connectivity index is 1.20. The summed E-state index contributed by atoms with van der Waals surface area (Å²) in [7, 11) is 3.53. The maximum Gasteiger partial charge on any atom is 0.173 e. The fraction of sp³-hybridized carbons (Fsp3) is 0.526. The van der Waals surface area contributed by atoms with Crippen molar-refractivity contribution in [1.29, 1.82) is 0 Å². The van der Waals surface area contributed by atoms with Crippen LogP contribution in [-0.4, -0.2) is 55.7 Å². The van der Waals surface area contributed by atoms with Gasteiger partial charge in [-0.15, -0.1) is 0 Å². The number of hydrogen-bond acceptors (Lipinski definition) is 5. The van der Waals surface area contributed by atoms with Gasteiger partial charge < -0.3 is 14.2 Å². The second-order valence-corrected chi connectivity index (χ2v) is 14.5. The van der Waals surface area contributed by atoms with Gasteiger partial charge in [0.25, 0.3) is 0 Å². The largest absolute Gasteiger partial charge is 0.497 e. The zero-order chi connectivity index (χ0) is 28.8. The van der Waals surface area contributed by atoms with Gasteiger partial charge in [-0.25, -0.2) is 0 Å². The maximum atomic E-state index is 6.98. The highest BCUT2D eigenvalue weighted by Crippen LogP contribution is 2.77. The van der Waals surface area contributed by atoms with Gasteiger partial charge in [0.1, 0.15) is 11.5 Å². The molecule has 2 aliphatic heterocycles. The molecule has 224 valence electrons. The molecule has 6 aliphatic rings. The van der Waals surface area contributed by atoms with Crippen LogP contribution in [-0.2, 0) is 18.4 Å². The summed E-state index contributed by atoms with van der Waals surface area (Å²) >= 11 is 0. The van der Waals surface area contributed by atoms with E-state index >= 15 is 0 Å². The minimum Gasteiger partial charge on any atom is -0.497 e. The molecule has 4 aliphatic carbocycles. The van der Waals surface area contributed by atoms with Crippen molar-refractivity contribution in [2.24, 2.45) is 23.2 Å². The van der Waals surface area contributed by atoms with Crippen molar-refractivity contribution in [3.8, 4) is 23.0 Å². The second-order valence-electron chi connectivity index (χ2n) is 14.5. The van der Waals surface area contributed by atoms with Gasteiger partial charge in [0.05, 0.1) is 14.2 Å². The standard InChI is InChI=1S/C38H44N2O3/c1-41-29-9-6-10-30(20-29)43-36-32(42-2)14-13-27-19-33-37-16-15-31-34(28(21-37)24-40(31)23-25-7-4-3-5-8-25)38(37,35(27)36)17-18-39(33)22-26-11-12-26/h3-10,13-14,20,26,28,31,33-34H,11-12,15-19,21-24H2,1-2H3/t28-,31?,33?,34?,37?,38?/m1/s1. The molecule has 5 unspecified atom stereocenters. The van der Waals surface area contributed by atoms with Crippen LogP contribution in [0.1, 0.15) is 55.2 Å². The highest BCUT2D eigenvalue weighted by Gasteiger charge is 2.76. The molecule has 9 rings (SSSR count). The van der Waals surface area contributed by atoms with Crippen molar-refractivity contribution in [3.05, 3.63) is 83.4 Å². The van der Waals surface area contributed by atoms with Crippen LogP contribution in [0.5, 0.6) is 23.0 Å². The van der Waals surface area contributed by atoms with Crippen LogP contribution in [0, 0.1) is 23.2 Å². The summed E-state index contributed by atoms with van der Waals surface area (Å²) in [5.74, 6) is 5.79. The molecule has 0 aromatic heterocycles. The Labute approximate surface area is 256 Å². The van der Waals surface area contributed by atoms with Gasteiger partial charge in [-0.1, -0.05) is 42.5 Å². The van der Waals surface area contributed by atoms with Crippen LogP contribution in [0.2, 0.25) is 0 Å². The quantitative estimate of drug-likeness (QED) is 0.286. The third-order valence-corrected chi connectivity index (χ3v) is 12.7. The summed E-state index contributed by atoms with van der Waals surface area (Å²) in [6.07, 6.45) is 9.25. The van der Waals surface area contributed by atoms with E-state index in [1.165, 1.54) is 74.8 Å². The van der Waals surface area contributed by atoms with Crippen molar-refractivity contribution in [2.75, 3.05) is 33.9 Å². The van der Waals surface area contributed by atoms with Gasteiger partial charge in [0, 0.05) is 48.8 Å². The lowest BCUT2D eigenvalue weighted by atomic mass is 9.43. The van der Waals surface area contributed by atoms with E-state index in [-0.39, 0.29) is 5.41 Å². The molecular formula is C38H44N2O3. The van der Waals surface area contributed by atoms with Gasteiger partial charge >= 0.3 is 0 Å². The number of hydrogen-bond donors (Lipinski definition) is 0. The number of nitrogens with zero attached hydrogens (tertiary/aromatic N) is 2. The van der Waals surface area contributed by atoms with E-state index in [2.05, 4.69) is 58.3 Å². The molecular weight excluding hydrogens is 532 g/mol. The average Bonchev–Trinajstić information content (AvgIpc) is 3.75. The van der Waals surface area contributed by atoms with Crippen molar-refractivity contribution in [2.45, 2.75) is 69.0 Å². The SMILES string of the molecule is COc1cccc(Oc2c(OC)ccc3c2C24CCN(CC5CC5)C(C3)C23CCC2C4[C@@H](CN2Cc2ccccc2)C3)c1. The third-order valence-electron chi connectivity index (χ3n) is 12.7. The van der Waals surface area contributed by atoms with Crippen molar-refractivity contribution in [3.63, 3.8) is 0 Å². The summed E-state index contributed by atoms with van der Waals surface area (Å²) in [6, 6.07) is 25.1. The summed E-state index contributed by atoms with van der Waals surface area (Å²) in [4.78, 5) is 5.83. The number of likely N-dealkylation sites (tertiary alicyclic amines) is 2. The Morgan fingerprint density at radius 2 is 1.72 bits per heavy atom. The Morgan fingerprint density at radius 1 is 0.860 bits per heavy atom. The number of ether oxygens (including phenoxy) is 3. The molecule has 2 heterocycles. The maximum absolute atomic E-state index is 6.98. The lowest BCUT2D eigenvalue weighted by Gasteiger charge is -2.66. The molecule has 5 nitrogen and oxygen atoms in total. The lowest BCUT2D eigenvalue weighted by molar-refractivity contribution is -0.106. The molecule has 43 heavy (non-hydrogen) atoms. The number of piperidine rings is 1. The predicted molar refractivity (Wildman–Crippen MR) is 168 cm³/mol. The molecule has 6 atom stereocenters. The Morgan fingerprint density at radius 3 is 2.53 bits per heavy atom. The zero-order valence-electron chi connectivity index (χ0n) is 25.6. The van der Waals surface area contributed by atoms with E-state index in [0.717, 1.165) is 47.8 Å². The van der Waals surface area contributed by atoms with Gasteiger partial charge in [-0.3, -0.25) is 9.80 Å². The first kappa shape index (κ1) is 26.4. The van der Waals surface area contributed by atoms with Gasteiger partial charge in [-0.2, -0.15) is 0 Å². The van der Waals surface area contributed by atoms with Crippen LogP contribution >= 0.6 is 0 Å². The van der Waals surface area contributed by atoms with E-state index in [9.17, 15) is 0 Å². The number of fused-ring (bicyclic) bond motifs is 1. The fourth-order valence-electron chi connectivity index (χ4n) is 11.2. The van der Waals surface area contributed by atoms with Gasteiger partial charge in [0.2, 0.25) is 0 Å². The van der Waals surface area contributed by atoms with E-state index < -0.39 is 0 Å². The summed E-state index contributed by atoms with van der Waals surface area (Å²) in [5.41, 5.74) is 4.88. The second kappa shape index (κ2) is 9.74. The zero-order valence-corrected chi connectivity index (χ0v) is 25.6. The molecule has 3 saturated carbocycles. The molecule has 0 N–H and O–H groups in total.